The summed E-state index contributed by atoms with van der Waals surface area (Å²) in [5, 5.41) is 13.7. The second kappa shape index (κ2) is 12.6. The monoisotopic (exact) mass is 581 g/mol. The molecule has 1 fully saturated rings. The van der Waals surface area contributed by atoms with Crippen molar-refractivity contribution in [2.75, 3.05) is 17.2 Å². The molecule has 6 atom stereocenters. The average Bonchev–Trinajstić information content (AvgIpc) is 3.09. The summed E-state index contributed by atoms with van der Waals surface area (Å²) in [6.07, 6.45) is -0.0438. The third-order valence-electron chi connectivity index (χ3n) is 5.61. The van der Waals surface area contributed by atoms with Gasteiger partial charge in [-0.05, 0) is 12.8 Å². The van der Waals surface area contributed by atoms with Gasteiger partial charge in [0.15, 0.2) is 6.23 Å². The van der Waals surface area contributed by atoms with Crippen molar-refractivity contribution < 1.29 is 47.3 Å². The SMILES string of the molecule is C=C(NC(C)=O)[C@@H]1C(COP(=O)(O)OP(=O)(O)O)O[C@@H](N(/C=C/C(C)CC)c2nc(N)[nH]c(=O)c2C)[C@@H]1O. The Morgan fingerprint density at radius 3 is 2.58 bits per heavy atom. The van der Waals surface area contributed by atoms with Crippen LogP contribution in [-0.2, 0) is 27.5 Å². The van der Waals surface area contributed by atoms with Gasteiger partial charge in [0.05, 0.1) is 24.2 Å². The fourth-order valence-corrected chi connectivity index (χ4v) is 5.22. The highest BCUT2D eigenvalue weighted by Crippen LogP contribution is 2.57. The number of nitrogens with one attached hydrogen (secondary N) is 2. The Kier molecular flexibility index (Phi) is 10.6. The van der Waals surface area contributed by atoms with Crippen LogP contribution in [0.1, 0.15) is 32.8 Å². The van der Waals surface area contributed by atoms with Gasteiger partial charge in [0.1, 0.15) is 11.9 Å². The first-order valence-electron chi connectivity index (χ1n) is 11.3. The number of hydrogen-bond acceptors (Lipinski definition) is 11. The molecular weight excluding hydrogens is 548 g/mol. The number of aromatic nitrogens is 2. The second-order valence-electron chi connectivity index (χ2n) is 8.66. The van der Waals surface area contributed by atoms with Crippen molar-refractivity contribution in [2.45, 2.75) is 52.6 Å². The van der Waals surface area contributed by atoms with Crippen LogP contribution in [-0.4, -0.2) is 60.7 Å². The van der Waals surface area contributed by atoms with Gasteiger partial charge in [-0.2, -0.15) is 9.29 Å². The molecule has 0 aromatic carbocycles. The lowest BCUT2D eigenvalue weighted by Crippen LogP contribution is -2.43. The van der Waals surface area contributed by atoms with E-state index in [4.69, 9.17) is 24.8 Å². The number of ether oxygens (including phenoxy) is 1. The van der Waals surface area contributed by atoms with Crippen LogP contribution < -0.4 is 21.5 Å². The van der Waals surface area contributed by atoms with Crippen LogP contribution in [0.2, 0.25) is 0 Å². The molecular formula is C20H33N5O11P2. The molecule has 2 heterocycles. The number of aromatic amines is 1. The van der Waals surface area contributed by atoms with Gasteiger partial charge in [0, 0.05) is 18.8 Å². The minimum absolute atomic E-state index is 0.0364. The number of aliphatic hydroxyl groups is 1. The third-order valence-corrected chi connectivity index (χ3v) is 7.76. The topological polar surface area (TPSA) is 247 Å². The molecule has 0 saturated carbocycles. The van der Waals surface area contributed by atoms with Gasteiger partial charge in [-0.15, -0.1) is 0 Å². The normalized spacial score (nSPS) is 24.2. The number of rotatable bonds is 12. The zero-order chi connectivity index (χ0) is 29.0. The Balaban J connectivity index is 2.52. The van der Waals surface area contributed by atoms with Crippen LogP contribution in [0.3, 0.4) is 0 Å². The summed E-state index contributed by atoms with van der Waals surface area (Å²) in [5.74, 6) is -1.79. The number of nitrogens with two attached hydrogens (primary N) is 1. The van der Waals surface area contributed by atoms with Crippen molar-refractivity contribution in [1.29, 1.82) is 0 Å². The van der Waals surface area contributed by atoms with Gasteiger partial charge in [-0.3, -0.25) is 19.1 Å². The lowest BCUT2D eigenvalue weighted by atomic mass is 9.94. The maximum atomic E-state index is 12.4. The van der Waals surface area contributed by atoms with Crippen LogP contribution in [0.25, 0.3) is 0 Å². The summed E-state index contributed by atoms with van der Waals surface area (Å²) >= 11 is 0. The predicted octanol–water partition coefficient (Wildman–Crippen LogP) is 0.605. The number of phosphoric acid groups is 2. The van der Waals surface area contributed by atoms with Gasteiger partial charge in [-0.1, -0.05) is 32.9 Å². The summed E-state index contributed by atoms with van der Waals surface area (Å²) in [5.41, 5.74) is 5.30. The number of phosphoric ester groups is 1. The van der Waals surface area contributed by atoms with Crippen molar-refractivity contribution in [2.24, 2.45) is 11.8 Å². The smallest absolute Gasteiger partial charge is 0.388 e. The Bertz CT molecular complexity index is 1220. The van der Waals surface area contributed by atoms with Crippen LogP contribution in [0.15, 0.2) is 29.3 Å². The molecule has 18 heteroatoms. The van der Waals surface area contributed by atoms with E-state index in [1.807, 2.05) is 13.8 Å². The summed E-state index contributed by atoms with van der Waals surface area (Å²) < 4.78 is 37.5. The number of amides is 1. The van der Waals surface area contributed by atoms with Crippen molar-refractivity contribution >= 4 is 33.3 Å². The highest BCUT2D eigenvalue weighted by molar-refractivity contribution is 7.60. The highest BCUT2D eigenvalue weighted by atomic mass is 31.3. The molecule has 1 amide bonds. The molecule has 8 N–H and O–H groups in total. The number of nitrogens with zero attached hydrogens (tertiary/aromatic N) is 2. The Morgan fingerprint density at radius 2 is 2.03 bits per heavy atom. The maximum Gasteiger partial charge on any atom is 0.481 e. The molecule has 1 aromatic heterocycles. The average molecular weight is 581 g/mol. The summed E-state index contributed by atoms with van der Waals surface area (Å²) in [4.78, 5) is 59.3. The number of H-pyrrole nitrogens is 1. The number of nitrogen functional groups attached to an aromatic ring is 1. The number of carbonyl (C=O) groups is 1. The van der Waals surface area contributed by atoms with E-state index < -0.39 is 58.1 Å². The lowest BCUT2D eigenvalue weighted by Gasteiger charge is -2.30. The molecule has 16 nitrogen and oxygen atoms in total. The minimum Gasteiger partial charge on any atom is -0.388 e. The largest absolute Gasteiger partial charge is 0.481 e. The van der Waals surface area contributed by atoms with Crippen molar-refractivity contribution in [3.63, 3.8) is 0 Å². The molecule has 2 rings (SSSR count). The van der Waals surface area contributed by atoms with Gasteiger partial charge < -0.3 is 40.5 Å². The van der Waals surface area contributed by atoms with Crippen LogP contribution >= 0.6 is 15.6 Å². The minimum atomic E-state index is -5.39. The predicted molar refractivity (Wildman–Crippen MR) is 135 cm³/mol. The molecule has 3 unspecified atom stereocenters. The van der Waals surface area contributed by atoms with E-state index in [2.05, 4.69) is 26.2 Å². The van der Waals surface area contributed by atoms with Crippen molar-refractivity contribution in [3.05, 3.63) is 40.5 Å². The summed E-state index contributed by atoms with van der Waals surface area (Å²) in [6.45, 7) is 9.45. The zero-order valence-corrected chi connectivity index (χ0v) is 23.0. The molecule has 0 radical (unpaired) electrons. The first-order chi connectivity index (χ1) is 17.5. The van der Waals surface area contributed by atoms with E-state index >= 15 is 0 Å². The van der Waals surface area contributed by atoms with Gasteiger partial charge >= 0.3 is 15.6 Å². The Morgan fingerprint density at radius 1 is 1.39 bits per heavy atom. The van der Waals surface area contributed by atoms with E-state index in [0.717, 1.165) is 6.42 Å². The van der Waals surface area contributed by atoms with Crippen LogP contribution in [0.5, 0.6) is 0 Å². The number of carbonyl (C=O) groups excluding carboxylic acids is 1. The summed E-state index contributed by atoms with van der Waals surface area (Å²) in [6, 6.07) is 0. The molecule has 0 spiro atoms. The fourth-order valence-electron chi connectivity index (χ4n) is 3.62. The van der Waals surface area contributed by atoms with Gasteiger partial charge in [0.2, 0.25) is 11.9 Å². The summed E-state index contributed by atoms with van der Waals surface area (Å²) in [7, 11) is -10.7. The number of allylic oxidation sites excluding steroid dienone is 1. The second-order valence-corrected chi connectivity index (χ2v) is 11.5. The standard InChI is InChI=1S/C20H33N5O11P2/c1-6-10(2)7-8-25(17-11(3)18(28)24-20(21)23-17)19-16(27)15(12(4)22-13(5)26)14(35-19)9-34-38(32,33)36-37(29,30)31/h7-8,10,14-16,19,27H,4,6,9H2,1-3,5H3,(H,22,26)(H,32,33)(H2,29,30,31)(H3,21,23,24,28)/b8-7+/t10?,14?,15-,16-,19-/m1/s1. The lowest BCUT2D eigenvalue weighted by molar-refractivity contribution is -0.118. The van der Waals surface area contributed by atoms with Crippen LogP contribution in [0, 0.1) is 18.8 Å². The van der Waals surface area contributed by atoms with Crippen LogP contribution in [0.4, 0.5) is 11.8 Å². The van der Waals surface area contributed by atoms with Gasteiger partial charge in [-0.25, -0.2) is 9.13 Å². The molecule has 1 aliphatic heterocycles. The first kappa shape index (κ1) is 31.8. The van der Waals surface area contributed by atoms with E-state index in [1.165, 1.54) is 24.9 Å². The van der Waals surface area contributed by atoms with Gasteiger partial charge in [0.25, 0.3) is 5.56 Å². The zero-order valence-electron chi connectivity index (χ0n) is 21.2. The van der Waals surface area contributed by atoms with Crippen molar-refractivity contribution in [1.82, 2.24) is 15.3 Å². The van der Waals surface area contributed by atoms with E-state index in [9.17, 15) is 28.7 Å². The molecule has 1 aliphatic rings. The van der Waals surface area contributed by atoms with E-state index in [1.54, 1.807) is 6.08 Å². The molecule has 0 aliphatic carbocycles. The van der Waals surface area contributed by atoms with E-state index in [0.29, 0.717) is 0 Å². The molecule has 214 valence electrons. The number of anilines is 2. The maximum absolute atomic E-state index is 12.4. The first-order valence-corrected chi connectivity index (χ1v) is 14.4. The molecule has 38 heavy (non-hydrogen) atoms. The van der Waals surface area contributed by atoms with E-state index in [-0.39, 0.29) is 28.9 Å². The molecule has 1 aromatic rings. The Labute approximate surface area is 218 Å². The highest BCUT2D eigenvalue weighted by Gasteiger charge is 2.49. The fraction of sp³-hybridized carbons (Fsp3) is 0.550. The Hall–Kier alpha value is -2.39. The number of hydrogen-bond donors (Lipinski definition) is 7. The molecule has 0 bridgehead atoms. The molecule has 1 saturated heterocycles. The third kappa shape index (κ3) is 8.56. The quantitative estimate of drug-likeness (QED) is 0.167. The number of aliphatic hydroxyl groups excluding tert-OH is 1. The van der Waals surface area contributed by atoms with Crippen molar-refractivity contribution in [3.8, 4) is 0 Å².